The van der Waals surface area contributed by atoms with Gasteiger partial charge in [-0.05, 0) is 25.2 Å². The van der Waals surface area contributed by atoms with Crippen LogP contribution in [0.4, 0.5) is 0 Å². The number of hydrogen-bond acceptors (Lipinski definition) is 3. The number of fused-ring (bicyclic) bond motifs is 1. The zero-order valence-electron chi connectivity index (χ0n) is 9.73. The molecule has 0 spiro atoms. The molecule has 0 aliphatic carbocycles. The normalized spacial score (nSPS) is 10.4. The van der Waals surface area contributed by atoms with E-state index < -0.39 is 0 Å². The summed E-state index contributed by atoms with van der Waals surface area (Å²) in [4.78, 5) is 16.2. The van der Waals surface area contributed by atoms with E-state index in [9.17, 15) is 4.79 Å². The Morgan fingerprint density at radius 3 is 2.94 bits per heavy atom. The number of nitrogens with one attached hydrogen (secondary N) is 2. The summed E-state index contributed by atoms with van der Waals surface area (Å²) in [5, 5.41) is 6.73. The maximum absolute atomic E-state index is 12.0. The predicted molar refractivity (Wildman–Crippen MR) is 68.0 cm³/mol. The van der Waals surface area contributed by atoms with Crippen LogP contribution in [0.1, 0.15) is 10.4 Å². The molecule has 1 amide bonds. The van der Waals surface area contributed by atoms with Gasteiger partial charge in [-0.25, -0.2) is 0 Å². The molecule has 0 saturated carbocycles. The van der Waals surface area contributed by atoms with Gasteiger partial charge in [-0.2, -0.15) is 0 Å². The van der Waals surface area contributed by atoms with Crippen molar-refractivity contribution in [2.45, 2.75) is 0 Å². The molecule has 4 heteroatoms. The standard InChI is InChI=1S/C13H15N3O/c1-14-8-9-16-13(17)11-4-2-6-12-10(11)5-3-7-15-12/h2-7,14H,8-9H2,1H3,(H,16,17). The highest BCUT2D eigenvalue weighted by Crippen LogP contribution is 2.15. The fraction of sp³-hybridized carbons (Fsp3) is 0.231. The number of benzene rings is 1. The summed E-state index contributed by atoms with van der Waals surface area (Å²) in [6.07, 6.45) is 1.73. The van der Waals surface area contributed by atoms with Crippen molar-refractivity contribution in [1.82, 2.24) is 15.6 Å². The Hall–Kier alpha value is -1.94. The number of nitrogens with zero attached hydrogens (tertiary/aromatic N) is 1. The molecule has 17 heavy (non-hydrogen) atoms. The Labute approximate surface area is 100 Å². The average molecular weight is 229 g/mol. The molecular weight excluding hydrogens is 214 g/mol. The molecule has 0 radical (unpaired) electrons. The lowest BCUT2D eigenvalue weighted by atomic mass is 10.1. The molecule has 1 aromatic heterocycles. The average Bonchev–Trinajstić information content (AvgIpc) is 2.38. The zero-order valence-corrected chi connectivity index (χ0v) is 9.73. The molecule has 2 N–H and O–H groups in total. The van der Waals surface area contributed by atoms with Crippen LogP contribution in [-0.4, -0.2) is 31.0 Å². The lowest BCUT2D eigenvalue weighted by molar-refractivity contribution is 0.0956. The van der Waals surface area contributed by atoms with Gasteiger partial charge in [-0.3, -0.25) is 9.78 Å². The van der Waals surface area contributed by atoms with Gasteiger partial charge in [-0.1, -0.05) is 12.1 Å². The minimum atomic E-state index is -0.0566. The van der Waals surface area contributed by atoms with Gasteiger partial charge in [0.15, 0.2) is 0 Å². The van der Waals surface area contributed by atoms with Crippen molar-refractivity contribution in [3.63, 3.8) is 0 Å². The van der Waals surface area contributed by atoms with Crippen molar-refractivity contribution >= 4 is 16.8 Å². The van der Waals surface area contributed by atoms with Gasteiger partial charge in [0.05, 0.1) is 5.52 Å². The van der Waals surface area contributed by atoms with Crippen LogP contribution >= 0.6 is 0 Å². The highest BCUT2D eigenvalue weighted by atomic mass is 16.1. The topological polar surface area (TPSA) is 54.0 Å². The largest absolute Gasteiger partial charge is 0.351 e. The number of carbonyl (C=O) groups excluding carboxylic acids is 1. The molecule has 0 aliphatic rings. The minimum absolute atomic E-state index is 0.0566. The Kier molecular flexibility index (Phi) is 3.67. The molecule has 4 nitrogen and oxygen atoms in total. The summed E-state index contributed by atoms with van der Waals surface area (Å²) in [5.74, 6) is -0.0566. The van der Waals surface area contributed by atoms with Crippen LogP contribution in [0.15, 0.2) is 36.5 Å². The maximum Gasteiger partial charge on any atom is 0.252 e. The summed E-state index contributed by atoms with van der Waals surface area (Å²) in [6, 6.07) is 9.32. The third-order valence-electron chi connectivity index (χ3n) is 2.55. The fourth-order valence-electron chi connectivity index (χ4n) is 1.70. The van der Waals surface area contributed by atoms with Crippen molar-refractivity contribution in [3.05, 3.63) is 42.1 Å². The number of rotatable bonds is 4. The third-order valence-corrected chi connectivity index (χ3v) is 2.55. The smallest absolute Gasteiger partial charge is 0.252 e. The Morgan fingerprint density at radius 2 is 2.12 bits per heavy atom. The van der Waals surface area contributed by atoms with Gasteiger partial charge in [0.25, 0.3) is 5.91 Å². The molecule has 0 aliphatic heterocycles. The summed E-state index contributed by atoms with van der Waals surface area (Å²) in [5.41, 5.74) is 1.51. The lowest BCUT2D eigenvalue weighted by Crippen LogP contribution is -2.30. The van der Waals surface area contributed by atoms with E-state index in [0.29, 0.717) is 12.1 Å². The van der Waals surface area contributed by atoms with E-state index in [1.165, 1.54) is 0 Å². The Morgan fingerprint density at radius 1 is 1.24 bits per heavy atom. The first-order valence-corrected chi connectivity index (χ1v) is 5.59. The summed E-state index contributed by atoms with van der Waals surface area (Å²) in [6.45, 7) is 1.38. The molecular formula is C13H15N3O. The van der Waals surface area contributed by atoms with E-state index in [0.717, 1.165) is 17.4 Å². The van der Waals surface area contributed by atoms with E-state index in [2.05, 4.69) is 15.6 Å². The molecule has 0 saturated heterocycles. The molecule has 2 rings (SSSR count). The molecule has 0 atom stereocenters. The van der Waals surface area contributed by atoms with Crippen LogP contribution in [-0.2, 0) is 0 Å². The van der Waals surface area contributed by atoms with Gasteiger partial charge >= 0.3 is 0 Å². The third kappa shape index (κ3) is 2.60. The predicted octanol–water partition coefficient (Wildman–Crippen LogP) is 1.18. The number of amides is 1. The van der Waals surface area contributed by atoms with Gasteiger partial charge in [0.1, 0.15) is 0 Å². The van der Waals surface area contributed by atoms with E-state index in [1.54, 1.807) is 6.20 Å². The quantitative estimate of drug-likeness (QED) is 0.774. The SMILES string of the molecule is CNCCNC(=O)c1cccc2ncccc12. The molecule has 1 aromatic carbocycles. The number of pyridine rings is 1. The molecule has 2 aromatic rings. The Balaban J connectivity index is 2.26. The minimum Gasteiger partial charge on any atom is -0.351 e. The second-order valence-corrected chi connectivity index (χ2v) is 3.74. The number of carbonyl (C=O) groups is 1. The summed E-state index contributed by atoms with van der Waals surface area (Å²) in [7, 11) is 1.86. The Bertz CT molecular complexity index is 520. The van der Waals surface area contributed by atoms with Gasteiger partial charge in [0, 0.05) is 30.2 Å². The van der Waals surface area contributed by atoms with Crippen LogP contribution < -0.4 is 10.6 Å². The first-order chi connectivity index (χ1) is 8.33. The zero-order chi connectivity index (χ0) is 12.1. The van der Waals surface area contributed by atoms with Gasteiger partial charge in [-0.15, -0.1) is 0 Å². The first-order valence-electron chi connectivity index (χ1n) is 5.59. The number of aromatic nitrogens is 1. The highest BCUT2D eigenvalue weighted by Gasteiger charge is 2.08. The maximum atomic E-state index is 12.0. The van der Waals surface area contributed by atoms with Gasteiger partial charge < -0.3 is 10.6 Å². The van der Waals surface area contributed by atoms with Crippen LogP contribution in [0.2, 0.25) is 0 Å². The van der Waals surface area contributed by atoms with Gasteiger partial charge in [0.2, 0.25) is 0 Å². The molecule has 0 fully saturated rings. The first kappa shape index (κ1) is 11.5. The van der Waals surface area contributed by atoms with Crippen LogP contribution in [0, 0.1) is 0 Å². The van der Waals surface area contributed by atoms with Crippen molar-refractivity contribution < 1.29 is 4.79 Å². The van der Waals surface area contributed by atoms with E-state index >= 15 is 0 Å². The molecule has 88 valence electrons. The number of hydrogen-bond donors (Lipinski definition) is 2. The van der Waals surface area contributed by atoms with E-state index in [1.807, 2.05) is 37.4 Å². The number of likely N-dealkylation sites (N-methyl/N-ethyl adjacent to an activating group) is 1. The lowest BCUT2D eigenvalue weighted by Gasteiger charge is -2.07. The van der Waals surface area contributed by atoms with E-state index in [4.69, 9.17) is 0 Å². The monoisotopic (exact) mass is 229 g/mol. The van der Waals surface area contributed by atoms with Crippen molar-refractivity contribution in [1.29, 1.82) is 0 Å². The molecule has 0 unspecified atom stereocenters. The summed E-state index contributed by atoms with van der Waals surface area (Å²) >= 11 is 0. The van der Waals surface area contributed by atoms with E-state index in [-0.39, 0.29) is 5.91 Å². The van der Waals surface area contributed by atoms with Crippen molar-refractivity contribution in [2.75, 3.05) is 20.1 Å². The highest BCUT2D eigenvalue weighted by molar-refractivity contribution is 6.06. The van der Waals surface area contributed by atoms with Crippen LogP contribution in [0.5, 0.6) is 0 Å². The fourth-order valence-corrected chi connectivity index (χ4v) is 1.70. The molecule has 1 heterocycles. The van der Waals surface area contributed by atoms with Crippen LogP contribution in [0.3, 0.4) is 0 Å². The second kappa shape index (κ2) is 5.41. The van der Waals surface area contributed by atoms with Crippen LogP contribution in [0.25, 0.3) is 10.9 Å². The molecule has 0 bridgehead atoms. The summed E-state index contributed by atoms with van der Waals surface area (Å²) < 4.78 is 0. The van der Waals surface area contributed by atoms with Crippen molar-refractivity contribution in [2.24, 2.45) is 0 Å². The second-order valence-electron chi connectivity index (χ2n) is 3.74. The van der Waals surface area contributed by atoms with Crippen molar-refractivity contribution in [3.8, 4) is 0 Å².